The van der Waals surface area contributed by atoms with E-state index in [2.05, 4.69) is 10.0 Å². The molecule has 7 heteroatoms. The Hall–Kier alpha value is -1.40. The number of hydrogen-bond acceptors (Lipinski definition) is 5. The molecule has 0 saturated carbocycles. The fraction of sp³-hybridized carbons (Fsp3) is 0.500. The van der Waals surface area contributed by atoms with Crippen LogP contribution < -0.4 is 0 Å². The molecule has 0 aliphatic carbocycles. The number of carbonyl (C=O) groups is 1. The topological polar surface area (TPSA) is 106 Å². The van der Waals surface area contributed by atoms with E-state index < -0.39 is 12.2 Å². The first-order chi connectivity index (χ1) is 8.06. The zero-order valence-corrected chi connectivity index (χ0v) is 10.1. The third-order valence-corrected chi connectivity index (χ3v) is 3.47. The minimum absolute atomic E-state index is 0.0722. The minimum Gasteiger partial charge on any atom is -0.390 e. The summed E-state index contributed by atoms with van der Waals surface area (Å²) in [6.45, 7) is 1.57. The van der Waals surface area contributed by atoms with E-state index in [0.29, 0.717) is 9.75 Å². The van der Waals surface area contributed by atoms with Crippen LogP contribution in [0.1, 0.15) is 34.0 Å². The number of rotatable bonds is 6. The molecular formula is C10H13N3O3S. The van der Waals surface area contributed by atoms with E-state index in [0.717, 1.165) is 11.3 Å². The molecule has 1 rings (SSSR count). The number of aliphatic hydroxyl groups is 2. The molecule has 0 bridgehead atoms. The lowest BCUT2D eigenvalue weighted by atomic mass is 10.1. The lowest BCUT2D eigenvalue weighted by Crippen LogP contribution is -2.18. The monoisotopic (exact) mass is 255 g/mol. The highest BCUT2D eigenvalue weighted by Gasteiger charge is 2.20. The van der Waals surface area contributed by atoms with Gasteiger partial charge in [-0.05, 0) is 31.0 Å². The summed E-state index contributed by atoms with van der Waals surface area (Å²) < 4.78 is 0. The average Bonchev–Trinajstić information content (AvgIpc) is 2.77. The Kier molecular flexibility index (Phi) is 5.11. The van der Waals surface area contributed by atoms with Gasteiger partial charge in [-0.1, -0.05) is 5.11 Å². The molecule has 0 saturated heterocycles. The van der Waals surface area contributed by atoms with Crippen LogP contribution in [0.5, 0.6) is 0 Å². The van der Waals surface area contributed by atoms with Crippen LogP contribution in [0.15, 0.2) is 17.2 Å². The first kappa shape index (κ1) is 13.7. The Balaban J connectivity index is 2.64. The molecule has 2 N–H and O–H groups in total. The molecule has 2 unspecified atom stereocenters. The van der Waals surface area contributed by atoms with E-state index in [-0.39, 0.29) is 18.7 Å². The van der Waals surface area contributed by atoms with Crippen LogP contribution in [0, 0.1) is 0 Å². The Morgan fingerprint density at radius 3 is 2.82 bits per heavy atom. The van der Waals surface area contributed by atoms with E-state index in [1.54, 1.807) is 12.1 Å². The fourth-order valence-corrected chi connectivity index (χ4v) is 2.23. The van der Waals surface area contributed by atoms with Crippen molar-refractivity contribution in [2.45, 2.75) is 25.6 Å². The maximum atomic E-state index is 11.1. The van der Waals surface area contributed by atoms with Crippen molar-refractivity contribution in [1.29, 1.82) is 0 Å². The quantitative estimate of drug-likeness (QED) is 0.351. The summed E-state index contributed by atoms with van der Waals surface area (Å²) in [6.07, 6.45) is -1.88. The zero-order valence-electron chi connectivity index (χ0n) is 9.28. The molecule has 6 nitrogen and oxygen atoms in total. The standard InChI is InChI=1S/C10H13N3O3S/c1-6(14)8-2-3-9(17-8)10(16)7(15)4-5-12-13-11/h2-3,7,10,15-16H,4-5H2,1H3. The van der Waals surface area contributed by atoms with Crippen LogP contribution in [0.25, 0.3) is 10.4 Å². The number of azide groups is 1. The third kappa shape index (κ3) is 3.83. The lowest BCUT2D eigenvalue weighted by Gasteiger charge is -2.15. The van der Waals surface area contributed by atoms with Gasteiger partial charge in [-0.15, -0.1) is 11.3 Å². The van der Waals surface area contributed by atoms with E-state index in [4.69, 9.17) is 5.53 Å². The second-order valence-electron chi connectivity index (χ2n) is 3.51. The Morgan fingerprint density at radius 1 is 1.59 bits per heavy atom. The molecule has 0 spiro atoms. The zero-order chi connectivity index (χ0) is 12.8. The Bertz CT molecular complexity index is 440. The molecule has 1 aromatic rings. The molecular weight excluding hydrogens is 242 g/mol. The number of aliphatic hydroxyl groups excluding tert-OH is 2. The summed E-state index contributed by atoms with van der Waals surface area (Å²) >= 11 is 1.15. The highest BCUT2D eigenvalue weighted by atomic mass is 32.1. The number of ketones is 1. The summed E-state index contributed by atoms with van der Waals surface area (Å²) in [6, 6.07) is 3.23. The second kappa shape index (κ2) is 6.36. The molecule has 0 aliphatic rings. The molecule has 1 heterocycles. The van der Waals surface area contributed by atoms with Gasteiger partial charge in [-0.2, -0.15) is 0 Å². The first-order valence-corrected chi connectivity index (χ1v) is 5.85. The average molecular weight is 255 g/mol. The summed E-state index contributed by atoms with van der Waals surface area (Å²) in [4.78, 5) is 14.7. The predicted molar refractivity (Wildman–Crippen MR) is 63.9 cm³/mol. The van der Waals surface area contributed by atoms with Gasteiger partial charge in [0.2, 0.25) is 0 Å². The van der Waals surface area contributed by atoms with E-state index in [1.165, 1.54) is 6.92 Å². The van der Waals surface area contributed by atoms with Crippen LogP contribution in [0.4, 0.5) is 0 Å². The van der Waals surface area contributed by atoms with Crippen LogP contribution in [0.2, 0.25) is 0 Å². The Labute approximate surface area is 102 Å². The number of Topliss-reactive ketones (excluding diaryl/α,β-unsaturated/α-hetero) is 1. The summed E-state index contributed by atoms with van der Waals surface area (Å²) in [7, 11) is 0. The van der Waals surface area contributed by atoms with Gasteiger partial charge in [0.1, 0.15) is 6.10 Å². The van der Waals surface area contributed by atoms with Crippen molar-refractivity contribution in [3.8, 4) is 0 Å². The normalized spacial score (nSPS) is 13.8. The molecule has 0 fully saturated rings. The van der Waals surface area contributed by atoms with Gasteiger partial charge < -0.3 is 10.2 Å². The number of nitrogens with zero attached hydrogens (tertiary/aromatic N) is 3. The molecule has 0 aromatic carbocycles. The first-order valence-electron chi connectivity index (χ1n) is 5.04. The van der Waals surface area contributed by atoms with Gasteiger partial charge in [0.25, 0.3) is 0 Å². The second-order valence-corrected chi connectivity index (χ2v) is 4.63. The largest absolute Gasteiger partial charge is 0.390 e. The predicted octanol–water partition coefficient (Wildman–Crippen LogP) is 2.05. The van der Waals surface area contributed by atoms with Crippen LogP contribution in [-0.2, 0) is 0 Å². The van der Waals surface area contributed by atoms with Crippen LogP contribution >= 0.6 is 11.3 Å². The van der Waals surface area contributed by atoms with Crippen molar-refractivity contribution in [2.24, 2.45) is 5.11 Å². The highest BCUT2D eigenvalue weighted by molar-refractivity contribution is 7.14. The van der Waals surface area contributed by atoms with Gasteiger partial charge in [-0.25, -0.2) is 0 Å². The van der Waals surface area contributed by atoms with Gasteiger partial charge in [0, 0.05) is 16.3 Å². The maximum Gasteiger partial charge on any atom is 0.169 e. The number of thiophene rings is 1. The third-order valence-electron chi connectivity index (χ3n) is 2.22. The molecule has 92 valence electrons. The molecule has 0 aliphatic heterocycles. The van der Waals surface area contributed by atoms with E-state index in [9.17, 15) is 15.0 Å². The summed E-state index contributed by atoms with van der Waals surface area (Å²) in [5.74, 6) is -0.0722. The van der Waals surface area contributed by atoms with Gasteiger partial charge in [0.05, 0.1) is 11.0 Å². The maximum absolute atomic E-state index is 11.1. The van der Waals surface area contributed by atoms with Gasteiger partial charge in [0.15, 0.2) is 5.78 Å². The fourth-order valence-electron chi connectivity index (χ4n) is 1.28. The van der Waals surface area contributed by atoms with Crippen LogP contribution in [-0.4, -0.2) is 28.6 Å². The van der Waals surface area contributed by atoms with Crippen molar-refractivity contribution in [3.05, 3.63) is 32.3 Å². The molecule has 17 heavy (non-hydrogen) atoms. The SMILES string of the molecule is CC(=O)c1ccc(C(O)C(O)CCN=[N+]=[N-])s1. The lowest BCUT2D eigenvalue weighted by molar-refractivity contribution is 0.0172. The van der Waals surface area contributed by atoms with Crippen molar-refractivity contribution in [1.82, 2.24) is 0 Å². The minimum atomic E-state index is -1.05. The molecule has 0 radical (unpaired) electrons. The van der Waals surface area contributed by atoms with Crippen molar-refractivity contribution in [3.63, 3.8) is 0 Å². The van der Waals surface area contributed by atoms with E-state index >= 15 is 0 Å². The van der Waals surface area contributed by atoms with Crippen molar-refractivity contribution in [2.75, 3.05) is 6.54 Å². The van der Waals surface area contributed by atoms with Crippen LogP contribution in [0.3, 0.4) is 0 Å². The van der Waals surface area contributed by atoms with Gasteiger partial charge >= 0.3 is 0 Å². The molecule has 0 amide bonds. The van der Waals surface area contributed by atoms with E-state index in [1.807, 2.05) is 0 Å². The summed E-state index contributed by atoms with van der Waals surface area (Å²) in [5.41, 5.74) is 8.08. The molecule has 1 aromatic heterocycles. The highest BCUT2D eigenvalue weighted by Crippen LogP contribution is 2.27. The smallest absolute Gasteiger partial charge is 0.169 e. The van der Waals surface area contributed by atoms with Crippen molar-refractivity contribution < 1.29 is 15.0 Å². The number of carbonyl (C=O) groups excluding carboxylic acids is 1. The van der Waals surface area contributed by atoms with Gasteiger partial charge in [-0.3, -0.25) is 4.79 Å². The number of hydrogen-bond donors (Lipinski definition) is 2. The summed E-state index contributed by atoms with van der Waals surface area (Å²) in [5, 5.41) is 22.7. The van der Waals surface area contributed by atoms with Crippen molar-refractivity contribution >= 4 is 17.1 Å². The Morgan fingerprint density at radius 2 is 2.29 bits per heavy atom. The molecule has 2 atom stereocenters.